The number of hydrogen-bond acceptors (Lipinski definition) is 6. The molecule has 0 atom stereocenters. The normalized spacial score (nSPS) is 11.4. The molecule has 0 saturated heterocycles. The van der Waals surface area contributed by atoms with Gasteiger partial charge in [-0.15, -0.1) is 13.2 Å². The third kappa shape index (κ3) is 5.30. The average Bonchev–Trinajstić information content (AvgIpc) is 2.35. The minimum absolute atomic E-state index is 0.0561. The Kier molecular flexibility index (Phi) is 5.76. The van der Waals surface area contributed by atoms with Crippen LogP contribution in [0.15, 0.2) is 6.07 Å². The second-order valence-electron chi connectivity index (χ2n) is 3.93. The van der Waals surface area contributed by atoms with Gasteiger partial charge in [0.15, 0.2) is 5.69 Å². The topological polar surface area (TPSA) is 91.6 Å². The van der Waals surface area contributed by atoms with Crippen LogP contribution in [0.5, 0.6) is 5.75 Å². The van der Waals surface area contributed by atoms with Crippen molar-refractivity contribution < 1.29 is 41.1 Å². The first-order valence-corrected chi connectivity index (χ1v) is 5.92. The SMILES string of the molecule is CCOC(=O)Cc1cc(OC(F)(F)F)c([N+](=O)[O-])c(C(F)F)n1. The third-order valence-corrected chi connectivity index (χ3v) is 2.28. The van der Waals surface area contributed by atoms with Crippen LogP contribution in [0.3, 0.4) is 0 Å². The predicted molar refractivity (Wildman–Crippen MR) is 62.9 cm³/mol. The molecule has 0 saturated carbocycles. The number of aromatic nitrogens is 1. The van der Waals surface area contributed by atoms with Gasteiger partial charge in [0, 0.05) is 6.07 Å². The van der Waals surface area contributed by atoms with E-state index in [0.717, 1.165) is 0 Å². The van der Waals surface area contributed by atoms with Crippen molar-refractivity contribution in [1.82, 2.24) is 4.98 Å². The molecule has 0 amide bonds. The van der Waals surface area contributed by atoms with Crippen LogP contribution in [0.1, 0.15) is 24.7 Å². The molecule has 0 radical (unpaired) electrons. The van der Waals surface area contributed by atoms with Crippen molar-refractivity contribution in [2.75, 3.05) is 6.61 Å². The number of alkyl halides is 5. The van der Waals surface area contributed by atoms with Crippen LogP contribution in [0.2, 0.25) is 0 Å². The number of halogens is 5. The summed E-state index contributed by atoms with van der Waals surface area (Å²) >= 11 is 0. The first-order valence-electron chi connectivity index (χ1n) is 5.92. The Balaban J connectivity index is 3.40. The van der Waals surface area contributed by atoms with Crippen molar-refractivity contribution in [3.63, 3.8) is 0 Å². The Morgan fingerprint density at radius 3 is 2.48 bits per heavy atom. The number of nitrogens with zero attached hydrogens (tertiary/aromatic N) is 2. The number of hydrogen-bond donors (Lipinski definition) is 0. The fourth-order valence-electron chi connectivity index (χ4n) is 1.57. The lowest BCUT2D eigenvalue weighted by atomic mass is 10.2. The van der Waals surface area contributed by atoms with Gasteiger partial charge in [0.2, 0.25) is 5.75 Å². The number of ether oxygens (including phenoxy) is 2. The molecule has 0 unspecified atom stereocenters. The van der Waals surface area contributed by atoms with Gasteiger partial charge < -0.3 is 9.47 Å². The summed E-state index contributed by atoms with van der Waals surface area (Å²) < 4.78 is 70.5. The summed E-state index contributed by atoms with van der Waals surface area (Å²) in [6.45, 7) is 1.39. The van der Waals surface area contributed by atoms with Crippen LogP contribution in [0.25, 0.3) is 0 Å². The lowest BCUT2D eigenvalue weighted by molar-refractivity contribution is -0.390. The Labute approximate surface area is 125 Å². The molecule has 1 rings (SSSR count). The standard InChI is InChI=1S/C11H9F5N2O5/c1-2-22-7(19)4-5-3-6(23-11(14,15)16)9(18(20)21)8(17-5)10(12)13/h3,10H,2,4H2,1H3. The van der Waals surface area contributed by atoms with Gasteiger partial charge in [-0.2, -0.15) is 0 Å². The first kappa shape index (κ1) is 18.5. The highest BCUT2D eigenvalue weighted by Gasteiger charge is 2.38. The molecule has 12 heteroatoms. The maximum absolute atomic E-state index is 12.8. The summed E-state index contributed by atoms with van der Waals surface area (Å²) in [5.74, 6) is -2.43. The van der Waals surface area contributed by atoms with Crippen molar-refractivity contribution in [1.29, 1.82) is 0 Å². The molecule has 1 aromatic rings. The number of carbonyl (C=O) groups is 1. The van der Waals surface area contributed by atoms with E-state index in [1.165, 1.54) is 6.92 Å². The van der Waals surface area contributed by atoms with E-state index in [1.807, 2.05) is 0 Å². The maximum atomic E-state index is 12.8. The third-order valence-electron chi connectivity index (χ3n) is 2.28. The molecular formula is C11H9F5N2O5. The van der Waals surface area contributed by atoms with Gasteiger partial charge in [0.05, 0.1) is 23.6 Å². The molecule has 0 aliphatic carbocycles. The largest absolute Gasteiger partial charge is 0.573 e. The number of pyridine rings is 1. The van der Waals surface area contributed by atoms with E-state index in [-0.39, 0.29) is 6.61 Å². The quantitative estimate of drug-likeness (QED) is 0.341. The van der Waals surface area contributed by atoms with Gasteiger partial charge >= 0.3 is 18.0 Å². The monoisotopic (exact) mass is 344 g/mol. The number of rotatable bonds is 6. The molecule has 0 aliphatic rings. The van der Waals surface area contributed by atoms with Gasteiger partial charge in [-0.25, -0.2) is 13.8 Å². The average molecular weight is 344 g/mol. The van der Waals surface area contributed by atoms with Crippen LogP contribution in [-0.2, 0) is 16.0 Å². The van der Waals surface area contributed by atoms with Crippen molar-refractivity contribution in [2.45, 2.75) is 26.1 Å². The van der Waals surface area contributed by atoms with Gasteiger partial charge in [-0.3, -0.25) is 14.9 Å². The summed E-state index contributed by atoms with van der Waals surface area (Å²) in [6.07, 6.45) is -9.65. The zero-order chi connectivity index (χ0) is 17.8. The van der Waals surface area contributed by atoms with Gasteiger partial charge in [-0.05, 0) is 6.92 Å². The highest BCUT2D eigenvalue weighted by molar-refractivity contribution is 5.72. The molecule has 1 heterocycles. The zero-order valence-electron chi connectivity index (χ0n) is 11.4. The second-order valence-corrected chi connectivity index (χ2v) is 3.93. The Bertz CT molecular complexity index is 605. The minimum atomic E-state index is -5.35. The molecule has 128 valence electrons. The van der Waals surface area contributed by atoms with Crippen LogP contribution in [0, 0.1) is 10.1 Å². The van der Waals surface area contributed by atoms with Crippen LogP contribution >= 0.6 is 0 Å². The molecular weight excluding hydrogens is 335 g/mol. The molecule has 0 spiro atoms. The summed E-state index contributed by atoms with van der Waals surface area (Å²) in [7, 11) is 0. The fourth-order valence-corrected chi connectivity index (χ4v) is 1.57. The van der Waals surface area contributed by atoms with E-state index in [0.29, 0.717) is 6.07 Å². The van der Waals surface area contributed by atoms with Crippen LogP contribution < -0.4 is 4.74 Å². The van der Waals surface area contributed by atoms with Crippen LogP contribution in [0.4, 0.5) is 27.6 Å². The molecule has 23 heavy (non-hydrogen) atoms. The maximum Gasteiger partial charge on any atom is 0.573 e. The Hall–Kier alpha value is -2.53. The zero-order valence-corrected chi connectivity index (χ0v) is 11.4. The molecule has 0 N–H and O–H groups in total. The van der Waals surface area contributed by atoms with Crippen molar-refractivity contribution in [3.8, 4) is 5.75 Å². The van der Waals surface area contributed by atoms with E-state index in [2.05, 4.69) is 14.5 Å². The van der Waals surface area contributed by atoms with E-state index in [9.17, 15) is 36.9 Å². The van der Waals surface area contributed by atoms with E-state index in [1.54, 1.807) is 0 Å². The van der Waals surface area contributed by atoms with Gasteiger partial charge in [-0.1, -0.05) is 0 Å². The molecule has 0 fully saturated rings. The van der Waals surface area contributed by atoms with E-state index >= 15 is 0 Å². The van der Waals surface area contributed by atoms with E-state index < -0.39 is 52.9 Å². The van der Waals surface area contributed by atoms with Gasteiger partial charge in [0.25, 0.3) is 6.43 Å². The smallest absolute Gasteiger partial charge is 0.466 e. The van der Waals surface area contributed by atoms with Crippen molar-refractivity contribution in [3.05, 3.63) is 27.6 Å². The molecule has 0 bridgehead atoms. The number of nitro groups is 1. The number of esters is 1. The first-order chi connectivity index (χ1) is 10.5. The highest BCUT2D eigenvalue weighted by atomic mass is 19.4. The van der Waals surface area contributed by atoms with Crippen LogP contribution in [-0.4, -0.2) is 28.8 Å². The summed E-state index contributed by atoms with van der Waals surface area (Å²) in [6, 6.07) is 0.397. The Morgan fingerprint density at radius 1 is 1.43 bits per heavy atom. The van der Waals surface area contributed by atoms with Crippen molar-refractivity contribution >= 4 is 11.7 Å². The summed E-state index contributed by atoms with van der Waals surface area (Å²) in [5, 5.41) is 10.8. The minimum Gasteiger partial charge on any atom is -0.466 e. The lowest BCUT2D eigenvalue weighted by Gasteiger charge is -2.12. The fraction of sp³-hybridized carbons (Fsp3) is 0.455. The second kappa shape index (κ2) is 7.15. The van der Waals surface area contributed by atoms with Crippen molar-refractivity contribution in [2.24, 2.45) is 0 Å². The number of carbonyl (C=O) groups excluding carboxylic acids is 1. The summed E-state index contributed by atoms with van der Waals surface area (Å²) in [4.78, 5) is 23.7. The molecule has 1 aromatic heterocycles. The molecule has 0 aromatic carbocycles. The predicted octanol–water partition coefficient (Wildman–Crippen LogP) is 2.93. The highest BCUT2D eigenvalue weighted by Crippen LogP contribution is 2.38. The van der Waals surface area contributed by atoms with E-state index in [4.69, 9.17) is 0 Å². The lowest BCUT2D eigenvalue weighted by Crippen LogP contribution is -2.19. The van der Waals surface area contributed by atoms with Gasteiger partial charge in [0.1, 0.15) is 0 Å². The Morgan fingerprint density at radius 2 is 2.04 bits per heavy atom. The summed E-state index contributed by atoms with van der Waals surface area (Å²) in [5.41, 5.74) is -3.73. The molecule has 0 aliphatic heterocycles. The molecule has 7 nitrogen and oxygen atoms in total.